The van der Waals surface area contributed by atoms with Gasteiger partial charge in [0.15, 0.2) is 0 Å². The van der Waals surface area contributed by atoms with Crippen molar-refractivity contribution in [2.24, 2.45) is 5.73 Å². The number of rotatable bonds is 2. The zero-order valence-electron chi connectivity index (χ0n) is 7.46. The molecule has 0 aliphatic carbocycles. The van der Waals surface area contributed by atoms with Crippen molar-refractivity contribution in [3.8, 4) is 0 Å². The summed E-state index contributed by atoms with van der Waals surface area (Å²) in [6, 6.07) is 8.37. The average molecular weight is 175 g/mol. The second kappa shape index (κ2) is 3.18. The number of nitrogens with two attached hydrogens (primary N) is 1. The number of benzene rings is 1. The van der Waals surface area contributed by atoms with Gasteiger partial charge in [0.05, 0.1) is 6.54 Å². The molecule has 0 unspecified atom stereocenters. The molecular formula is C10H13N3. The van der Waals surface area contributed by atoms with Crippen LogP contribution in [0, 0.1) is 5.41 Å². The van der Waals surface area contributed by atoms with Gasteiger partial charge in [0.1, 0.15) is 5.84 Å². The number of hydrogen-bond donors (Lipinski definition) is 2. The summed E-state index contributed by atoms with van der Waals surface area (Å²) in [4.78, 5) is 2.17. The molecule has 0 aromatic heterocycles. The van der Waals surface area contributed by atoms with E-state index < -0.39 is 0 Å². The molecule has 0 spiro atoms. The van der Waals surface area contributed by atoms with E-state index in [9.17, 15) is 0 Å². The summed E-state index contributed by atoms with van der Waals surface area (Å²) in [5.74, 6) is 0.243. The molecule has 1 aromatic rings. The Balaban J connectivity index is 2.09. The van der Waals surface area contributed by atoms with Crippen LogP contribution in [-0.2, 0) is 13.1 Å². The van der Waals surface area contributed by atoms with Gasteiger partial charge in [-0.1, -0.05) is 24.3 Å². The molecule has 0 radical (unpaired) electrons. The monoisotopic (exact) mass is 175 g/mol. The lowest BCUT2D eigenvalue weighted by Gasteiger charge is -2.12. The van der Waals surface area contributed by atoms with Crippen molar-refractivity contribution >= 4 is 5.84 Å². The summed E-state index contributed by atoms with van der Waals surface area (Å²) in [7, 11) is 0. The number of fused-ring (bicyclic) bond motifs is 1. The molecular weight excluding hydrogens is 162 g/mol. The minimum absolute atomic E-state index is 0.243. The molecule has 0 saturated carbocycles. The molecule has 1 aliphatic heterocycles. The Morgan fingerprint density at radius 3 is 2.31 bits per heavy atom. The van der Waals surface area contributed by atoms with Gasteiger partial charge in [-0.2, -0.15) is 0 Å². The molecule has 0 atom stereocenters. The topological polar surface area (TPSA) is 53.1 Å². The number of nitrogens with one attached hydrogen (secondary N) is 1. The molecule has 2 rings (SSSR count). The van der Waals surface area contributed by atoms with Crippen LogP contribution in [0.3, 0.4) is 0 Å². The number of nitrogens with zero attached hydrogens (tertiary/aromatic N) is 1. The standard InChI is InChI=1S/C10H13N3/c11-10(12)7-13-5-8-3-1-2-4-9(8)6-13/h1-4H,5-7H2,(H3,11,12). The lowest BCUT2D eigenvalue weighted by Crippen LogP contribution is -2.29. The molecule has 0 amide bonds. The third kappa shape index (κ3) is 1.70. The minimum atomic E-state index is 0.243. The summed E-state index contributed by atoms with van der Waals surface area (Å²) in [5.41, 5.74) is 8.08. The van der Waals surface area contributed by atoms with Crippen LogP contribution in [0.1, 0.15) is 11.1 Å². The van der Waals surface area contributed by atoms with E-state index in [1.807, 2.05) is 0 Å². The SMILES string of the molecule is N=C(N)CN1Cc2ccccc2C1. The summed E-state index contributed by atoms with van der Waals surface area (Å²) in [6.45, 7) is 2.43. The molecule has 3 N–H and O–H groups in total. The van der Waals surface area contributed by atoms with Crippen molar-refractivity contribution in [3.05, 3.63) is 35.4 Å². The Kier molecular flexibility index (Phi) is 2.02. The quantitative estimate of drug-likeness (QED) is 0.519. The first kappa shape index (κ1) is 8.26. The van der Waals surface area contributed by atoms with Gasteiger partial charge in [-0.15, -0.1) is 0 Å². The third-order valence-electron chi connectivity index (χ3n) is 2.30. The predicted octanol–water partition coefficient (Wildman–Crippen LogP) is 0.938. The molecule has 0 fully saturated rings. The Bertz CT molecular complexity index is 308. The van der Waals surface area contributed by atoms with Crippen LogP contribution in [0.15, 0.2) is 24.3 Å². The van der Waals surface area contributed by atoms with Crippen LogP contribution >= 0.6 is 0 Å². The van der Waals surface area contributed by atoms with Gasteiger partial charge in [0, 0.05) is 13.1 Å². The fraction of sp³-hybridized carbons (Fsp3) is 0.300. The Labute approximate surface area is 77.7 Å². The van der Waals surface area contributed by atoms with E-state index in [1.165, 1.54) is 11.1 Å². The highest BCUT2D eigenvalue weighted by atomic mass is 15.2. The van der Waals surface area contributed by atoms with E-state index in [-0.39, 0.29) is 5.84 Å². The molecule has 1 aromatic carbocycles. The normalized spacial score (nSPS) is 15.7. The van der Waals surface area contributed by atoms with Crippen molar-refractivity contribution < 1.29 is 0 Å². The zero-order chi connectivity index (χ0) is 9.26. The van der Waals surface area contributed by atoms with E-state index in [4.69, 9.17) is 11.1 Å². The maximum atomic E-state index is 7.20. The van der Waals surface area contributed by atoms with E-state index in [1.54, 1.807) is 0 Å². The number of amidine groups is 1. The highest BCUT2D eigenvalue weighted by molar-refractivity contribution is 5.79. The van der Waals surface area contributed by atoms with Gasteiger partial charge in [-0.3, -0.25) is 10.3 Å². The molecule has 13 heavy (non-hydrogen) atoms. The van der Waals surface area contributed by atoms with Crippen LogP contribution in [0.25, 0.3) is 0 Å². The largest absolute Gasteiger partial charge is 0.387 e. The second-order valence-corrected chi connectivity index (χ2v) is 3.44. The van der Waals surface area contributed by atoms with E-state index >= 15 is 0 Å². The highest BCUT2D eigenvalue weighted by Crippen LogP contribution is 2.21. The molecule has 3 heteroatoms. The fourth-order valence-corrected chi connectivity index (χ4v) is 1.76. The molecule has 3 nitrogen and oxygen atoms in total. The second-order valence-electron chi connectivity index (χ2n) is 3.44. The van der Waals surface area contributed by atoms with Crippen molar-refractivity contribution in [3.63, 3.8) is 0 Å². The predicted molar refractivity (Wildman–Crippen MR) is 52.5 cm³/mol. The van der Waals surface area contributed by atoms with Crippen LogP contribution in [0.4, 0.5) is 0 Å². The van der Waals surface area contributed by atoms with Gasteiger partial charge in [0.2, 0.25) is 0 Å². The maximum Gasteiger partial charge on any atom is 0.105 e. The fourth-order valence-electron chi connectivity index (χ4n) is 1.76. The maximum absolute atomic E-state index is 7.20. The average Bonchev–Trinajstić information content (AvgIpc) is 2.44. The summed E-state index contributed by atoms with van der Waals surface area (Å²) in [6.07, 6.45) is 0. The van der Waals surface area contributed by atoms with Gasteiger partial charge in [0.25, 0.3) is 0 Å². The first-order chi connectivity index (χ1) is 6.25. The molecule has 68 valence electrons. The third-order valence-corrected chi connectivity index (χ3v) is 2.30. The van der Waals surface area contributed by atoms with Crippen LogP contribution < -0.4 is 5.73 Å². The summed E-state index contributed by atoms with van der Waals surface area (Å²) >= 11 is 0. The first-order valence-corrected chi connectivity index (χ1v) is 4.38. The zero-order valence-corrected chi connectivity index (χ0v) is 7.46. The van der Waals surface area contributed by atoms with Gasteiger partial charge >= 0.3 is 0 Å². The van der Waals surface area contributed by atoms with Crippen LogP contribution in [0.2, 0.25) is 0 Å². The van der Waals surface area contributed by atoms with Gasteiger partial charge < -0.3 is 5.73 Å². The Morgan fingerprint density at radius 2 is 1.85 bits per heavy atom. The van der Waals surface area contributed by atoms with Crippen molar-refractivity contribution in [1.29, 1.82) is 5.41 Å². The minimum Gasteiger partial charge on any atom is -0.387 e. The van der Waals surface area contributed by atoms with Crippen LogP contribution in [0.5, 0.6) is 0 Å². The number of hydrogen-bond acceptors (Lipinski definition) is 2. The van der Waals surface area contributed by atoms with E-state index in [2.05, 4.69) is 29.2 Å². The smallest absolute Gasteiger partial charge is 0.105 e. The molecule has 0 saturated heterocycles. The van der Waals surface area contributed by atoms with Crippen molar-refractivity contribution in [2.75, 3.05) is 6.54 Å². The first-order valence-electron chi connectivity index (χ1n) is 4.38. The Morgan fingerprint density at radius 1 is 1.31 bits per heavy atom. The lowest BCUT2D eigenvalue weighted by molar-refractivity contribution is 0.325. The van der Waals surface area contributed by atoms with Gasteiger partial charge in [-0.05, 0) is 11.1 Å². The van der Waals surface area contributed by atoms with E-state index in [0.29, 0.717) is 6.54 Å². The Hall–Kier alpha value is -1.35. The van der Waals surface area contributed by atoms with Gasteiger partial charge in [-0.25, -0.2) is 0 Å². The van der Waals surface area contributed by atoms with E-state index in [0.717, 1.165) is 13.1 Å². The summed E-state index contributed by atoms with van der Waals surface area (Å²) < 4.78 is 0. The van der Waals surface area contributed by atoms with Crippen molar-refractivity contribution in [1.82, 2.24) is 4.90 Å². The summed E-state index contributed by atoms with van der Waals surface area (Å²) in [5, 5.41) is 7.20. The highest BCUT2D eigenvalue weighted by Gasteiger charge is 2.17. The van der Waals surface area contributed by atoms with Crippen molar-refractivity contribution in [2.45, 2.75) is 13.1 Å². The lowest BCUT2D eigenvalue weighted by atomic mass is 10.1. The molecule has 1 aliphatic rings. The van der Waals surface area contributed by atoms with Crippen LogP contribution in [-0.4, -0.2) is 17.3 Å². The molecule has 0 bridgehead atoms. The molecule has 1 heterocycles.